The largest absolute Gasteiger partial charge is 0.446 e. The van der Waals surface area contributed by atoms with Crippen LogP contribution in [0.2, 0.25) is 0 Å². The number of para-hydroxylation sites is 1. The first-order chi connectivity index (χ1) is 29.1. The summed E-state index contributed by atoms with van der Waals surface area (Å²) in [5, 5.41) is 16.2. The molecule has 15 nitrogen and oxygen atoms in total. The first kappa shape index (κ1) is 39.8. The van der Waals surface area contributed by atoms with Gasteiger partial charge in [0.05, 0.1) is 16.8 Å². The van der Waals surface area contributed by atoms with E-state index in [0.717, 1.165) is 60.6 Å². The van der Waals surface area contributed by atoms with Crippen LogP contribution in [0.15, 0.2) is 79.0 Å². The van der Waals surface area contributed by atoms with E-state index in [-0.39, 0.29) is 25.5 Å². The van der Waals surface area contributed by atoms with E-state index in [1.807, 2.05) is 72.8 Å². The molecule has 4 aromatic rings. The molecule has 2 aromatic heterocycles. The number of carbonyl (C=O) groups excluding carboxylic acids is 4. The Hall–Kier alpha value is -5.64. The average molecular weight is 835 g/mol. The third kappa shape index (κ3) is 8.13. The molecule has 2 aliphatic heterocycles. The summed E-state index contributed by atoms with van der Waals surface area (Å²) in [6, 6.07) is 16.7. The molecule has 5 aliphatic rings. The van der Waals surface area contributed by atoms with Gasteiger partial charge in [-0.3, -0.25) is 24.1 Å². The molecule has 0 bridgehead atoms. The number of pyridine rings is 1. The number of carbonyl (C=O) groups is 4. The maximum Gasteiger partial charge on any atom is 0.408 e. The van der Waals surface area contributed by atoms with Crippen molar-refractivity contribution in [3.63, 3.8) is 0 Å². The van der Waals surface area contributed by atoms with Crippen LogP contribution in [0.3, 0.4) is 0 Å². The Labute approximate surface area is 348 Å². The van der Waals surface area contributed by atoms with Crippen LogP contribution >= 0.6 is 0 Å². The van der Waals surface area contributed by atoms with Crippen molar-refractivity contribution >= 4 is 44.7 Å². The van der Waals surface area contributed by atoms with Crippen LogP contribution in [-0.4, -0.2) is 92.6 Å². The summed E-state index contributed by atoms with van der Waals surface area (Å²) in [5.74, 6) is -2.26. The maximum absolute atomic E-state index is 14.8. The number of nitrogens with zero attached hydrogens (tertiary/aromatic N) is 5. The highest BCUT2D eigenvalue weighted by atomic mass is 32.2. The molecule has 4 heterocycles. The Morgan fingerprint density at radius 1 is 0.867 bits per heavy atom. The molecule has 0 unspecified atom stereocenters. The number of hydrogen-bond donors (Lipinski definition) is 3. The van der Waals surface area contributed by atoms with Crippen LogP contribution in [0.1, 0.15) is 89.5 Å². The summed E-state index contributed by atoms with van der Waals surface area (Å²) in [6.45, 7) is 0.0293. The van der Waals surface area contributed by atoms with E-state index in [9.17, 15) is 27.6 Å². The van der Waals surface area contributed by atoms with Gasteiger partial charge in [-0.1, -0.05) is 79.6 Å². The number of allylic oxidation sites excluding steroid dienone is 1. The number of aromatic nitrogens is 4. The van der Waals surface area contributed by atoms with Crippen LogP contribution in [0.25, 0.3) is 33.4 Å². The summed E-state index contributed by atoms with van der Waals surface area (Å²) in [5.41, 5.74) is 2.01. The first-order valence-electron chi connectivity index (χ1n) is 21.3. The first-order valence-corrected chi connectivity index (χ1v) is 22.8. The molecule has 0 spiro atoms. The van der Waals surface area contributed by atoms with E-state index in [2.05, 4.69) is 20.3 Å². The van der Waals surface area contributed by atoms with Gasteiger partial charge in [-0.15, -0.1) is 0 Å². The number of alkyl carbamates (subject to hydrolysis) is 1. The summed E-state index contributed by atoms with van der Waals surface area (Å²) < 4.78 is 33.9. The van der Waals surface area contributed by atoms with Crippen molar-refractivity contribution < 1.29 is 32.3 Å². The molecule has 3 N–H and O–H groups in total. The zero-order valence-corrected chi connectivity index (χ0v) is 34.2. The predicted molar refractivity (Wildman–Crippen MR) is 222 cm³/mol. The lowest BCUT2D eigenvalue weighted by Gasteiger charge is -2.30. The van der Waals surface area contributed by atoms with Gasteiger partial charge in [-0.25, -0.2) is 13.2 Å². The van der Waals surface area contributed by atoms with Crippen molar-refractivity contribution in [2.24, 2.45) is 5.92 Å². The van der Waals surface area contributed by atoms with Gasteiger partial charge in [0.1, 0.15) is 35.1 Å². The molecule has 3 saturated carbocycles. The summed E-state index contributed by atoms with van der Waals surface area (Å²) in [6.07, 6.45) is 12.7. The lowest BCUT2D eigenvalue weighted by atomic mass is 10.0. The molecule has 4 amide bonds. The molecule has 1 saturated heterocycles. The number of nitrogens with one attached hydrogen (secondary N) is 3. The highest BCUT2D eigenvalue weighted by Crippen LogP contribution is 2.46. The van der Waals surface area contributed by atoms with E-state index in [0.29, 0.717) is 43.5 Å². The van der Waals surface area contributed by atoms with Crippen molar-refractivity contribution in [1.29, 1.82) is 0 Å². The highest BCUT2D eigenvalue weighted by Gasteiger charge is 2.62. The summed E-state index contributed by atoms with van der Waals surface area (Å²) >= 11 is 0. The zero-order valence-electron chi connectivity index (χ0n) is 33.4. The predicted octanol–water partition coefficient (Wildman–Crippen LogP) is 5.34. The Bertz CT molecular complexity index is 2420. The number of hydrogen-bond acceptors (Lipinski definition) is 10. The third-order valence-electron chi connectivity index (χ3n) is 12.6. The van der Waals surface area contributed by atoms with Crippen molar-refractivity contribution in [3.05, 3.63) is 79.0 Å². The Balaban J connectivity index is 1.07. The molecular formula is C44H50N8O7S. The van der Waals surface area contributed by atoms with Gasteiger partial charge in [0.2, 0.25) is 21.8 Å². The molecule has 4 fully saturated rings. The second-order valence-electron chi connectivity index (χ2n) is 16.9. The minimum Gasteiger partial charge on any atom is -0.446 e. The molecule has 9 rings (SSSR count). The minimum absolute atomic E-state index is 0.0293. The zero-order chi connectivity index (χ0) is 41.4. The molecule has 5 atom stereocenters. The molecule has 16 heteroatoms. The van der Waals surface area contributed by atoms with E-state index >= 15 is 0 Å². The van der Waals surface area contributed by atoms with Gasteiger partial charge < -0.3 is 20.3 Å². The Morgan fingerprint density at radius 3 is 2.43 bits per heavy atom. The molecule has 60 heavy (non-hydrogen) atoms. The molecule has 2 aromatic carbocycles. The average Bonchev–Trinajstić information content (AvgIpc) is 4.02. The molecular weight excluding hydrogens is 785 g/mol. The molecule has 0 radical (unpaired) electrons. The smallest absolute Gasteiger partial charge is 0.408 e. The standard InChI is InChI=1S/C44H50N8O7S/c53-40-36-25-31(52-48-38(29-13-5-4-6-14-29)39(49-52)34-20-11-15-28-16-12-24-45-37(28)34)27-51(36)41(54)35(46-43(56)59-32-18-9-10-19-32)21-8-3-1-2-7-17-30-26-44(30,47-40)42(55)50-60(57,58)33-22-23-33/h4-7,11-17,20,24,30-33,35-36H,1-3,8-10,18-19,21-23,25-27H2,(H,46,56)(H,47,53)(H,50,55)/b17-7+/t30-,31-,35-,36+,44-/m1/s1. The second-order valence-corrected chi connectivity index (χ2v) is 18.8. The lowest BCUT2D eigenvalue weighted by molar-refractivity contribution is -0.141. The number of amides is 4. The van der Waals surface area contributed by atoms with Gasteiger partial charge in [-0.2, -0.15) is 15.0 Å². The number of sulfonamides is 1. The Morgan fingerprint density at radius 2 is 1.63 bits per heavy atom. The second kappa shape index (κ2) is 16.4. The van der Waals surface area contributed by atoms with E-state index in [1.54, 1.807) is 11.0 Å². The van der Waals surface area contributed by atoms with Gasteiger partial charge in [0.25, 0.3) is 5.91 Å². The fourth-order valence-corrected chi connectivity index (χ4v) is 10.4. The third-order valence-corrected chi connectivity index (χ3v) is 14.4. The fourth-order valence-electron chi connectivity index (χ4n) is 9.03. The van der Waals surface area contributed by atoms with Crippen LogP contribution in [0, 0.1) is 5.92 Å². The number of ether oxygens (including phenoxy) is 1. The van der Waals surface area contributed by atoms with Gasteiger partial charge in [0, 0.05) is 41.6 Å². The van der Waals surface area contributed by atoms with Crippen LogP contribution < -0.4 is 15.4 Å². The minimum atomic E-state index is -3.91. The van der Waals surface area contributed by atoms with Crippen molar-refractivity contribution in [2.45, 2.75) is 118 Å². The highest BCUT2D eigenvalue weighted by molar-refractivity contribution is 7.91. The van der Waals surface area contributed by atoms with Crippen LogP contribution in [0.4, 0.5) is 4.79 Å². The van der Waals surface area contributed by atoms with E-state index in [1.165, 1.54) is 4.90 Å². The van der Waals surface area contributed by atoms with Gasteiger partial charge in [0.15, 0.2) is 0 Å². The number of rotatable bonds is 8. The molecule has 314 valence electrons. The topological polar surface area (TPSA) is 195 Å². The lowest BCUT2D eigenvalue weighted by Crippen LogP contribution is -2.58. The van der Waals surface area contributed by atoms with Gasteiger partial charge >= 0.3 is 6.09 Å². The monoisotopic (exact) mass is 834 g/mol. The molecule has 3 aliphatic carbocycles. The summed E-state index contributed by atoms with van der Waals surface area (Å²) in [7, 11) is -3.91. The van der Waals surface area contributed by atoms with Crippen molar-refractivity contribution in [1.82, 2.24) is 40.2 Å². The van der Waals surface area contributed by atoms with Crippen molar-refractivity contribution in [2.75, 3.05) is 6.54 Å². The summed E-state index contributed by atoms with van der Waals surface area (Å²) in [4.78, 5) is 64.5. The van der Waals surface area contributed by atoms with Gasteiger partial charge in [-0.05, 0) is 70.3 Å². The number of fused-ring (bicyclic) bond motifs is 3. The number of benzene rings is 2. The Kier molecular flexibility index (Phi) is 10.9. The van der Waals surface area contributed by atoms with E-state index in [4.69, 9.17) is 14.9 Å². The van der Waals surface area contributed by atoms with Crippen molar-refractivity contribution in [3.8, 4) is 22.5 Å². The maximum atomic E-state index is 14.8. The fraction of sp³-hybridized carbons (Fsp3) is 0.477. The SMILES string of the molecule is O=C(N[C@@H]1CCCCC/C=C/[C@@H]2C[C@@]2(C(=O)NS(=O)(=O)C2CC2)NC(=O)[C@@H]2C[C@@H](n3nc(-c4ccccc4)c(-c4cccc5cccnc45)n3)CN2C1=O)OC1CCCC1. The van der Waals surface area contributed by atoms with E-state index < -0.39 is 68.7 Å². The van der Waals surface area contributed by atoms with Crippen LogP contribution in [-0.2, 0) is 29.1 Å². The van der Waals surface area contributed by atoms with Crippen LogP contribution in [0.5, 0.6) is 0 Å². The normalized spacial score (nSPS) is 26.9. The quantitative estimate of drug-likeness (QED) is 0.195.